The van der Waals surface area contributed by atoms with Gasteiger partial charge in [-0.25, -0.2) is 0 Å². The molecule has 9 heteroatoms. The number of H-pyrrole nitrogens is 1. The Morgan fingerprint density at radius 3 is 2.33 bits per heavy atom. The topological polar surface area (TPSA) is 76.2 Å². The predicted octanol–water partition coefficient (Wildman–Crippen LogP) is 0.603. The first kappa shape index (κ1) is 11.6. The SMILES string of the molecule is O=c1cccc(OS(=O)(=O)C(F)(F)F)[nH]1. The molecule has 0 atom stereocenters. The number of alkyl halides is 3. The first-order chi connectivity index (χ1) is 6.72. The zero-order chi connectivity index (χ0) is 11.7. The Labute approximate surface area is 81.6 Å². The van der Waals surface area contributed by atoms with E-state index in [1.165, 1.54) is 0 Å². The standard InChI is InChI=1S/C6H4F3NO4S/c7-6(8,9)15(12,13)14-5-3-1-2-4(11)10-5/h1-3H,(H,10,11). The van der Waals surface area contributed by atoms with Crippen molar-refractivity contribution in [2.24, 2.45) is 0 Å². The van der Waals surface area contributed by atoms with E-state index in [2.05, 4.69) is 4.18 Å². The number of nitrogens with one attached hydrogen (secondary N) is 1. The van der Waals surface area contributed by atoms with Gasteiger partial charge in [0.2, 0.25) is 5.88 Å². The zero-order valence-corrected chi connectivity index (χ0v) is 7.72. The van der Waals surface area contributed by atoms with Gasteiger partial charge in [0, 0.05) is 6.07 Å². The Balaban J connectivity index is 3.03. The van der Waals surface area contributed by atoms with Crippen LogP contribution in [0.15, 0.2) is 23.0 Å². The summed E-state index contributed by atoms with van der Waals surface area (Å²) in [4.78, 5) is 12.4. The second-order valence-electron chi connectivity index (χ2n) is 2.36. The highest BCUT2D eigenvalue weighted by Gasteiger charge is 2.48. The average Bonchev–Trinajstić information content (AvgIpc) is 2.00. The minimum Gasteiger partial charge on any atom is -0.357 e. The summed E-state index contributed by atoms with van der Waals surface area (Å²) in [5.41, 5.74) is -6.30. The molecule has 15 heavy (non-hydrogen) atoms. The number of pyridine rings is 1. The Morgan fingerprint density at radius 1 is 1.27 bits per heavy atom. The first-order valence-electron chi connectivity index (χ1n) is 3.42. The molecule has 0 spiro atoms. The van der Waals surface area contributed by atoms with Crippen molar-refractivity contribution in [1.82, 2.24) is 4.98 Å². The van der Waals surface area contributed by atoms with E-state index in [1.54, 1.807) is 4.98 Å². The molecule has 0 fully saturated rings. The molecule has 0 saturated carbocycles. The summed E-state index contributed by atoms with van der Waals surface area (Å²) in [6.07, 6.45) is 0. The van der Waals surface area contributed by atoms with Gasteiger partial charge >= 0.3 is 15.6 Å². The monoisotopic (exact) mass is 243 g/mol. The molecule has 1 aromatic rings. The Hall–Kier alpha value is -1.51. The van der Waals surface area contributed by atoms with Crippen molar-refractivity contribution in [3.05, 3.63) is 28.6 Å². The van der Waals surface area contributed by atoms with Crippen LogP contribution in [-0.2, 0) is 10.1 Å². The maximum Gasteiger partial charge on any atom is 0.534 e. The summed E-state index contributed by atoms with van der Waals surface area (Å²) < 4.78 is 60.0. The molecule has 1 N–H and O–H groups in total. The van der Waals surface area contributed by atoms with Crippen LogP contribution < -0.4 is 9.74 Å². The van der Waals surface area contributed by atoms with E-state index in [1.807, 2.05) is 0 Å². The number of aromatic nitrogens is 1. The van der Waals surface area contributed by atoms with Gasteiger partial charge in [0.05, 0.1) is 0 Å². The molecule has 0 aliphatic carbocycles. The molecule has 0 bridgehead atoms. The fourth-order valence-electron chi connectivity index (χ4n) is 0.642. The van der Waals surface area contributed by atoms with Crippen molar-refractivity contribution in [3.8, 4) is 5.88 Å². The van der Waals surface area contributed by atoms with E-state index in [-0.39, 0.29) is 0 Å². The zero-order valence-electron chi connectivity index (χ0n) is 6.91. The van der Waals surface area contributed by atoms with E-state index in [9.17, 15) is 26.4 Å². The molecular weight excluding hydrogens is 239 g/mol. The van der Waals surface area contributed by atoms with Crippen LogP contribution in [0.1, 0.15) is 0 Å². The lowest BCUT2D eigenvalue weighted by Crippen LogP contribution is -2.28. The highest BCUT2D eigenvalue weighted by atomic mass is 32.2. The van der Waals surface area contributed by atoms with Gasteiger partial charge in [-0.1, -0.05) is 6.07 Å². The van der Waals surface area contributed by atoms with Gasteiger partial charge < -0.3 is 4.18 Å². The van der Waals surface area contributed by atoms with Crippen molar-refractivity contribution in [2.75, 3.05) is 0 Å². The smallest absolute Gasteiger partial charge is 0.357 e. The normalized spacial score (nSPS) is 12.5. The lowest BCUT2D eigenvalue weighted by molar-refractivity contribution is -0.0501. The third kappa shape index (κ3) is 2.72. The Kier molecular flexibility index (Phi) is 2.75. The van der Waals surface area contributed by atoms with Crippen LogP contribution in [-0.4, -0.2) is 18.9 Å². The molecule has 0 unspecified atom stereocenters. The van der Waals surface area contributed by atoms with Gasteiger partial charge in [-0.15, -0.1) is 0 Å². The molecule has 0 saturated heterocycles. The third-order valence-electron chi connectivity index (χ3n) is 1.22. The van der Waals surface area contributed by atoms with Crippen LogP contribution in [0.25, 0.3) is 0 Å². The largest absolute Gasteiger partial charge is 0.534 e. The Morgan fingerprint density at radius 2 is 1.87 bits per heavy atom. The molecule has 1 heterocycles. The number of aromatic amines is 1. The quantitative estimate of drug-likeness (QED) is 0.609. The number of hydrogen-bond acceptors (Lipinski definition) is 4. The van der Waals surface area contributed by atoms with Crippen LogP contribution in [0, 0.1) is 0 Å². The number of hydrogen-bond donors (Lipinski definition) is 1. The van der Waals surface area contributed by atoms with Crippen molar-refractivity contribution < 1.29 is 25.8 Å². The summed E-state index contributed by atoms with van der Waals surface area (Å²) in [6.45, 7) is 0. The van der Waals surface area contributed by atoms with Crippen LogP contribution >= 0.6 is 0 Å². The lowest BCUT2D eigenvalue weighted by Gasteiger charge is -2.08. The minimum absolute atomic E-state index is 0.773. The summed E-state index contributed by atoms with van der Waals surface area (Å²) in [5.74, 6) is -0.792. The van der Waals surface area contributed by atoms with Crippen LogP contribution in [0.4, 0.5) is 13.2 Å². The molecule has 0 aliphatic rings. The van der Waals surface area contributed by atoms with Gasteiger partial charge in [-0.05, 0) is 6.07 Å². The van der Waals surface area contributed by atoms with Gasteiger partial charge in [0.25, 0.3) is 5.56 Å². The highest BCUT2D eigenvalue weighted by Crippen LogP contribution is 2.25. The van der Waals surface area contributed by atoms with E-state index in [0.29, 0.717) is 0 Å². The summed E-state index contributed by atoms with van der Waals surface area (Å²) >= 11 is 0. The average molecular weight is 243 g/mol. The molecule has 0 aliphatic heterocycles. The number of rotatable bonds is 2. The van der Waals surface area contributed by atoms with Crippen molar-refractivity contribution in [2.45, 2.75) is 5.51 Å². The van der Waals surface area contributed by atoms with E-state index in [4.69, 9.17) is 0 Å². The first-order valence-corrected chi connectivity index (χ1v) is 4.83. The fourth-order valence-corrected chi connectivity index (χ4v) is 1.07. The summed E-state index contributed by atoms with van der Waals surface area (Å²) in [5, 5.41) is 0. The van der Waals surface area contributed by atoms with E-state index in [0.717, 1.165) is 18.2 Å². The lowest BCUT2D eigenvalue weighted by atomic mass is 10.5. The van der Waals surface area contributed by atoms with Crippen molar-refractivity contribution in [1.29, 1.82) is 0 Å². The summed E-state index contributed by atoms with van der Waals surface area (Å²) in [7, 11) is -5.74. The van der Waals surface area contributed by atoms with E-state index >= 15 is 0 Å². The maximum atomic E-state index is 11.8. The molecule has 0 radical (unpaired) electrons. The number of halogens is 3. The molecule has 1 aromatic heterocycles. The minimum atomic E-state index is -5.74. The Bertz CT molecular complexity index is 504. The second-order valence-corrected chi connectivity index (χ2v) is 3.90. The molecule has 5 nitrogen and oxygen atoms in total. The van der Waals surface area contributed by atoms with Gasteiger partial charge in [-0.3, -0.25) is 9.78 Å². The van der Waals surface area contributed by atoms with Crippen molar-refractivity contribution >= 4 is 10.1 Å². The predicted molar refractivity (Wildman–Crippen MR) is 42.7 cm³/mol. The van der Waals surface area contributed by atoms with Gasteiger partial charge in [0.15, 0.2) is 0 Å². The van der Waals surface area contributed by atoms with Crippen molar-refractivity contribution in [3.63, 3.8) is 0 Å². The molecule has 0 amide bonds. The van der Waals surface area contributed by atoms with Crippen LogP contribution in [0.2, 0.25) is 0 Å². The molecule has 84 valence electrons. The molecule has 0 aromatic carbocycles. The third-order valence-corrected chi connectivity index (χ3v) is 2.19. The van der Waals surface area contributed by atoms with Crippen LogP contribution in [0.3, 0.4) is 0 Å². The molecular formula is C6H4F3NO4S. The fraction of sp³-hybridized carbons (Fsp3) is 0.167. The van der Waals surface area contributed by atoms with Gasteiger partial charge in [0.1, 0.15) is 0 Å². The van der Waals surface area contributed by atoms with Crippen LogP contribution in [0.5, 0.6) is 5.88 Å². The highest BCUT2D eigenvalue weighted by molar-refractivity contribution is 7.87. The maximum absolute atomic E-state index is 11.8. The summed E-state index contributed by atoms with van der Waals surface area (Å²) in [6, 6.07) is 2.93. The van der Waals surface area contributed by atoms with Gasteiger partial charge in [-0.2, -0.15) is 21.6 Å². The van der Waals surface area contributed by atoms with E-state index < -0.39 is 27.1 Å². The second kappa shape index (κ2) is 3.57. The molecule has 1 rings (SSSR count).